The van der Waals surface area contributed by atoms with Crippen LogP contribution in [-0.4, -0.2) is 33.8 Å². The molecule has 22 heavy (non-hydrogen) atoms. The minimum atomic E-state index is 0. The monoisotopic (exact) mass is 420 g/mol. The second-order valence-electron chi connectivity index (χ2n) is 5.95. The normalized spacial score (nSPS) is 14.5. The van der Waals surface area contributed by atoms with Gasteiger partial charge in [-0.15, -0.1) is 34.2 Å². The predicted octanol–water partition coefficient (Wildman–Crippen LogP) is 2.33. The highest BCUT2D eigenvalue weighted by molar-refractivity contribution is 14.0. The summed E-state index contributed by atoms with van der Waals surface area (Å²) in [6.45, 7) is 9.97. The number of halogens is 1. The van der Waals surface area contributed by atoms with Crippen LogP contribution >= 0.6 is 24.0 Å². The smallest absolute Gasteiger partial charge is 0.191 e. The molecule has 1 aromatic heterocycles. The SMILES string of the molecule is CCNC(=NCc1nnc2n1CCCC2)NCCC(C)C.I. The molecule has 0 saturated heterocycles. The Balaban J connectivity index is 0.00000242. The lowest BCUT2D eigenvalue weighted by Crippen LogP contribution is -2.38. The molecule has 0 amide bonds. The Morgan fingerprint density at radius 3 is 2.82 bits per heavy atom. The maximum atomic E-state index is 4.63. The molecule has 7 heteroatoms. The van der Waals surface area contributed by atoms with E-state index < -0.39 is 0 Å². The maximum absolute atomic E-state index is 4.63. The highest BCUT2D eigenvalue weighted by Crippen LogP contribution is 2.14. The fourth-order valence-electron chi connectivity index (χ4n) is 2.46. The molecule has 1 aromatic rings. The summed E-state index contributed by atoms with van der Waals surface area (Å²) in [4.78, 5) is 4.63. The van der Waals surface area contributed by atoms with Gasteiger partial charge in [-0.2, -0.15) is 0 Å². The molecule has 0 saturated carbocycles. The summed E-state index contributed by atoms with van der Waals surface area (Å²) in [6.07, 6.45) is 4.63. The summed E-state index contributed by atoms with van der Waals surface area (Å²) in [6, 6.07) is 0. The number of hydrogen-bond acceptors (Lipinski definition) is 3. The quantitative estimate of drug-likeness (QED) is 0.421. The van der Waals surface area contributed by atoms with Gasteiger partial charge in [-0.25, -0.2) is 4.99 Å². The molecule has 0 unspecified atom stereocenters. The first-order chi connectivity index (χ1) is 10.2. The Kier molecular flexibility index (Phi) is 8.74. The van der Waals surface area contributed by atoms with E-state index in [0.717, 1.165) is 50.1 Å². The van der Waals surface area contributed by atoms with E-state index in [1.165, 1.54) is 12.8 Å². The molecule has 0 bridgehead atoms. The van der Waals surface area contributed by atoms with Crippen LogP contribution in [0.1, 0.15) is 51.7 Å². The molecule has 1 aliphatic heterocycles. The minimum Gasteiger partial charge on any atom is -0.357 e. The third kappa shape index (κ3) is 5.73. The van der Waals surface area contributed by atoms with E-state index in [0.29, 0.717) is 12.5 Å². The van der Waals surface area contributed by atoms with Crippen molar-refractivity contribution in [2.24, 2.45) is 10.9 Å². The van der Waals surface area contributed by atoms with E-state index in [-0.39, 0.29) is 24.0 Å². The average Bonchev–Trinajstić information content (AvgIpc) is 2.88. The van der Waals surface area contributed by atoms with Gasteiger partial charge in [-0.1, -0.05) is 13.8 Å². The molecular formula is C15H29IN6. The van der Waals surface area contributed by atoms with Crippen LogP contribution in [-0.2, 0) is 19.5 Å². The van der Waals surface area contributed by atoms with Gasteiger partial charge in [0.15, 0.2) is 11.8 Å². The first-order valence-electron chi connectivity index (χ1n) is 8.13. The molecule has 0 aliphatic carbocycles. The van der Waals surface area contributed by atoms with Gasteiger partial charge in [0, 0.05) is 26.1 Å². The van der Waals surface area contributed by atoms with Gasteiger partial charge in [0.05, 0.1) is 0 Å². The van der Waals surface area contributed by atoms with Crippen LogP contribution in [0.25, 0.3) is 0 Å². The zero-order chi connectivity index (χ0) is 15.1. The second kappa shape index (κ2) is 10.0. The van der Waals surface area contributed by atoms with Gasteiger partial charge < -0.3 is 15.2 Å². The van der Waals surface area contributed by atoms with Crippen molar-refractivity contribution >= 4 is 29.9 Å². The Morgan fingerprint density at radius 2 is 2.09 bits per heavy atom. The van der Waals surface area contributed by atoms with Gasteiger partial charge >= 0.3 is 0 Å². The second-order valence-corrected chi connectivity index (χ2v) is 5.95. The summed E-state index contributed by atoms with van der Waals surface area (Å²) in [5.41, 5.74) is 0. The van der Waals surface area contributed by atoms with Crippen molar-refractivity contribution in [3.05, 3.63) is 11.6 Å². The van der Waals surface area contributed by atoms with Crippen molar-refractivity contribution in [3.63, 3.8) is 0 Å². The Hall–Kier alpha value is -0.860. The summed E-state index contributed by atoms with van der Waals surface area (Å²) < 4.78 is 2.23. The largest absolute Gasteiger partial charge is 0.357 e. The van der Waals surface area contributed by atoms with Crippen LogP contribution in [0.15, 0.2) is 4.99 Å². The van der Waals surface area contributed by atoms with Crippen LogP contribution in [0.2, 0.25) is 0 Å². The van der Waals surface area contributed by atoms with Gasteiger partial charge in [0.25, 0.3) is 0 Å². The van der Waals surface area contributed by atoms with E-state index in [2.05, 4.69) is 51.2 Å². The first-order valence-corrected chi connectivity index (χ1v) is 8.13. The number of hydrogen-bond donors (Lipinski definition) is 2. The number of guanidine groups is 1. The van der Waals surface area contributed by atoms with E-state index in [9.17, 15) is 0 Å². The third-order valence-corrected chi connectivity index (χ3v) is 3.67. The molecule has 0 radical (unpaired) electrons. The summed E-state index contributed by atoms with van der Waals surface area (Å²) in [5.74, 6) is 3.66. The topological polar surface area (TPSA) is 67.1 Å². The number of aryl methyl sites for hydroxylation is 1. The van der Waals surface area contributed by atoms with E-state index >= 15 is 0 Å². The molecule has 126 valence electrons. The van der Waals surface area contributed by atoms with Crippen molar-refractivity contribution in [3.8, 4) is 0 Å². The van der Waals surface area contributed by atoms with E-state index in [1.807, 2.05) is 0 Å². The zero-order valence-corrected chi connectivity index (χ0v) is 16.3. The lowest BCUT2D eigenvalue weighted by Gasteiger charge is -2.15. The molecule has 0 fully saturated rings. The third-order valence-electron chi connectivity index (χ3n) is 3.67. The van der Waals surface area contributed by atoms with E-state index in [4.69, 9.17) is 0 Å². The number of fused-ring (bicyclic) bond motifs is 1. The van der Waals surface area contributed by atoms with Crippen molar-refractivity contribution in [2.75, 3.05) is 13.1 Å². The van der Waals surface area contributed by atoms with Crippen LogP contribution in [0, 0.1) is 5.92 Å². The zero-order valence-electron chi connectivity index (χ0n) is 13.9. The minimum absolute atomic E-state index is 0. The van der Waals surface area contributed by atoms with Gasteiger partial charge in [-0.05, 0) is 32.1 Å². The Labute approximate surface area is 150 Å². The molecule has 0 spiro atoms. The highest BCUT2D eigenvalue weighted by Gasteiger charge is 2.15. The van der Waals surface area contributed by atoms with Gasteiger partial charge in [-0.3, -0.25) is 0 Å². The van der Waals surface area contributed by atoms with Crippen molar-refractivity contribution < 1.29 is 0 Å². The molecule has 2 heterocycles. The highest BCUT2D eigenvalue weighted by atomic mass is 127. The number of aliphatic imine (C=N–C) groups is 1. The Bertz CT molecular complexity index is 469. The fourth-order valence-corrected chi connectivity index (χ4v) is 2.46. The fraction of sp³-hybridized carbons (Fsp3) is 0.800. The number of rotatable bonds is 6. The molecule has 2 N–H and O–H groups in total. The van der Waals surface area contributed by atoms with Gasteiger partial charge in [0.2, 0.25) is 0 Å². The summed E-state index contributed by atoms with van der Waals surface area (Å²) >= 11 is 0. The lowest BCUT2D eigenvalue weighted by atomic mass is 10.1. The number of aromatic nitrogens is 3. The van der Waals surface area contributed by atoms with Crippen molar-refractivity contribution in [1.82, 2.24) is 25.4 Å². The van der Waals surface area contributed by atoms with Gasteiger partial charge in [0.1, 0.15) is 12.4 Å². The summed E-state index contributed by atoms with van der Waals surface area (Å²) in [7, 11) is 0. The predicted molar refractivity (Wildman–Crippen MR) is 101 cm³/mol. The van der Waals surface area contributed by atoms with Crippen LogP contribution in [0.5, 0.6) is 0 Å². The molecular weight excluding hydrogens is 391 g/mol. The van der Waals surface area contributed by atoms with Crippen molar-refractivity contribution in [1.29, 1.82) is 0 Å². The summed E-state index contributed by atoms with van der Waals surface area (Å²) in [5, 5.41) is 15.2. The average molecular weight is 420 g/mol. The van der Waals surface area contributed by atoms with Crippen LogP contribution in [0.4, 0.5) is 0 Å². The maximum Gasteiger partial charge on any atom is 0.191 e. The van der Waals surface area contributed by atoms with Crippen LogP contribution < -0.4 is 10.6 Å². The number of nitrogens with zero attached hydrogens (tertiary/aromatic N) is 4. The van der Waals surface area contributed by atoms with Crippen molar-refractivity contribution in [2.45, 2.75) is 59.5 Å². The standard InChI is InChI=1S/C15H28N6.HI/c1-4-16-15(17-9-8-12(2)3)18-11-14-20-19-13-7-5-6-10-21(13)14;/h12H,4-11H2,1-3H3,(H2,16,17,18);1H. The molecule has 0 atom stereocenters. The molecule has 6 nitrogen and oxygen atoms in total. The lowest BCUT2D eigenvalue weighted by molar-refractivity contribution is 0.508. The molecule has 0 aromatic carbocycles. The Morgan fingerprint density at radius 1 is 1.27 bits per heavy atom. The molecule has 1 aliphatic rings. The van der Waals surface area contributed by atoms with Crippen LogP contribution in [0.3, 0.4) is 0 Å². The molecule has 2 rings (SSSR count). The van der Waals surface area contributed by atoms with E-state index in [1.54, 1.807) is 0 Å². The number of nitrogens with one attached hydrogen (secondary N) is 2. The first kappa shape index (κ1) is 19.2.